The summed E-state index contributed by atoms with van der Waals surface area (Å²) in [5.41, 5.74) is 12.3. The molecule has 138 valence electrons. The Balaban J connectivity index is 2.26. The van der Waals surface area contributed by atoms with E-state index in [2.05, 4.69) is 0 Å². The molecular formula is C20H18N2O5. The third kappa shape index (κ3) is 3.18. The van der Waals surface area contributed by atoms with Crippen LogP contribution in [0.15, 0.2) is 30.3 Å². The number of carbonyl (C=O) groups is 4. The number of benzene rings is 2. The molecule has 0 aliphatic heterocycles. The SMILES string of the molecule is NCc1ccc(C(=O)O)c(C(=O)c2ccc(CN)c3c2C(=O)CCC3=O)c1. The van der Waals surface area contributed by atoms with Gasteiger partial charge in [-0.15, -0.1) is 0 Å². The summed E-state index contributed by atoms with van der Waals surface area (Å²) >= 11 is 0. The number of carboxylic acid groups (broad SMARTS) is 1. The van der Waals surface area contributed by atoms with Crippen LogP contribution in [0.5, 0.6) is 0 Å². The van der Waals surface area contributed by atoms with E-state index in [-0.39, 0.29) is 65.3 Å². The van der Waals surface area contributed by atoms with Crippen molar-refractivity contribution in [3.8, 4) is 0 Å². The highest BCUT2D eigenvalue weighted by Crippen LogP contribution is 2.30. The van der Waals surface area contributed by atoms with Crippen molar-refractivity contribution in [2.24, 2.45) is 11.5 Å². The summed E-state index contributed by atoms with van der Waals surface area (Å²) in [7, 11) is 0. The van der Waals surface area contributed by atoms with Crippen molar-refractivity contribution >= 4 is 23.3 Å². The third-order valence-electron chi connectivity index (χ3n) is 4.69. The lowest BCUT2D eigenvalue weighted by molar-refractivity contribution is 0.0692. The number of aromatic carboxylic acids is 1. The zero-order valence-corrected chi connectivity index (χ0v) is 14.5. The molecule has 0 atom stereocenters. The lowest BCUT2D eigenvalue weighted by Gasteiger charge is -2.20. The summed E-state index contributed by atoms with van der Waals surface area (Å²) in [5.74, 6) is -2.47. The summed E-state index contributed by atoms with van der Waals surface area (Å²) in [6.07, 6.45) is 0.0777. The maximum absolute atomic E-state index is 13.2. The van der Waals surface area contributed by atoms with Crippen LogP contribution in [0, 0.1) is 0 Å². The second-order valence-corrected chi connectivity index (χ2v) is 6.29. The van der Waals surface area contributed by atoms with E-state index in [1.165, 1.54) is 30.3 Å². The lowest BCUT2D eigenvalue weighted by Crippen LogP contribution is -2.24. The minimum absolute atomic E-state index is 0.00870. The number of carboxylic acids is 1. The molecule has 27 heavy (non-hydrogen) atoms. The quantitative estimate of drug-likeness (QED) is 0.684. The first-order valence-corrected chi connectivity index (χ1v) is 8.42. The van der Waals surface area contributed by atoms with Gasteiger partial charge in [-0.1, -0.05) is 12.1 Å². The van der Waals surface area contributed by atoms with E-state index in [1.807, 2.05) is 0 Å². The Hall–Kier alpha value is -3.16. The molecule has 0 spiro atoms. The molecule has 0 bridgehead atoms. The van der Waals surface area contributed by atoms with Gasteiger partial charge in [-0.05, 0) is 29.3 Å². The number of fused-ring (bicyclic) bond motifs is 1. The number of hydrogen-bond donors (Lipinski definition) is 3. The van der Waals surface area contributed by atoms with Crippen molar-refractivity contribution in [2.75, 3.05) is 0 Å². The fraction of sp³-hybridized carbons (Fsp3) is 0.200. The number of ketones is 3. The van der Waals surface area contributed by atoms with Gasteiger partial charge in [0.1, 0.15) is 0 Å². The van der Waals surface area contributed by atoms with Gasteiger partial charge in [-0.25, -0.2) is 4.79 Å². The van der Waals surface area contributed by atoms with Crippen LogP contribution in [0.25, 0.3) is 0 Å². The second-order valence-electron chi connectivity index (χ2n) is 6.29. The highest BCUT2D eigenvalue weighted by molar-refractivity contribution is 6.23. The molecule has 0 unspecified atom stereocenters. The van der Waals surface area contributed by atoms with Crippen LogP contribution in [-0.4, -0.2) is 28.4 Å². The van der Waals surface area contributed by atoms with Crippen molar-refractivity contribution in [1.82, 2.24) is 0 Å². The molecule has 0 saturated heterocycles. The average molecular weight is 366 g/mol. The van der Waals surface area contributed by atoms with Crippen molar-refractivity contribution in [2.45, 2.75) is 25.9 Å². The molecule has 0 heterocycles. The molecule has 2 aromatic rings. The van der Waals surface area contributed by atoms with Crippen molar-refractivity contribution in [3.63, 3.8) is 0 Å². The molecule has 7 heteroatoms. The van der Waals surface area contributed by atoms with Crippen LogP contribution in [-0.2, 0) is 13.1 Å². The summed E-state index contributed by atoms with van der Waals surface area (Å²) in [6.45, 7) is 0.181. The van der Waals surface area contributed by atoms with Crippen LogP contribution >= 0.6 is 0 Å². The van der Waals surface area contributed by atoms with Gasteiger partial charge < -0.3 is 16.6 Å². The van der Waals surface area contributed by atoms with E-state index in [0.29, 0.717) is 11.1 Å². The van der Waals surface area contributed by atoms with Gasteiger partial charge >= 0.3 is 5.97 Å². The lowest BCUT2D eigenvalue weighted by atomic mass is 9.81. The molecule has 1 aliphatic carbocycles. The maximum Gasteiger partial charge on any atom is 0.336 e. The Morgan fingerprint density at radius 3 is 2.07 bits per heavy atom. The van der Waals surface area contributed by atoms with E-state index in [1.54, 1.807) is 0 Å². The number of rotatable bonds is 5. The minimum atomic E-state index is -1.27. The highest BCUT2D eigenvalue weighted by atomic mass is 16.4. The van der Waals surface area contributed by atoms with Crippen LogP contribution in [0.1, 0.15) is 71.0 Å². The fourth-order valence-corrected chi connectivity index (χ4v) is 3.33. The maximum atomic E-state index is 13.2. The zero-order valence-electron chi connectivity index (χ0n) is 14.5. The van der Waals surface area contributed by atoms with Gasteiger partial charge in [0, 0.05) is 48.2 Å². The van der Waals surface area contributed by atoms with Crippen LogP contribution in [0.2, 0.25) is 0 Å². The zero-order chi connectivity index (χ0) is 19.7. The molecule has 1 aliphatic rings. The topological polar surface area (TPSA) is 141 Å². The van der Waals surface area contributed by atoms with Crippen LogP contribution < -0.4 is 11.5 Å². The van der Waals surface area contributed by atoms with Gasteiger partial charge in [-0.2, -0.15) is 0 Å². The summed E-state index contributed by atoms with van der Waals surface area (Å²) < 4.78 is 0. The molecule has 0 radical (unpaired) electrons. The third-order valence-corrected chi connectivity index (χ3v) is 4.69. The largest absolute Gasteiger partial charge is 0.478 e. The van der Waals surface area contributed by atoms with E-state index >= 15 is 0 Å². The highest BCUT2D eigenvalue weighted by Gasteiger charge is 2.32. The molecule has 2 aromatic carbocycles. The number of hydrogen-bond acceptors (Lipinski definition) is 6. The summed E-state index contributed by atoms with van der Waals surface area (Å²) in [5, 5.41) is 9.42. The molecule has 3 rings (SSSR count). The molecule has 7 nitrogen and oxygen atoms in total. The standard InChI is InChI=1S/C20H18N2O5/c21-8-10-1-3-12(20(26)27)14(7-10)19(25)13-4-2-11(9-22)17-15(23)5-6-16(24)18(13)17/h1-4,7H,5-6,8-9,21-22H2,(H,26,27). The van der Waals surface area contributed by atoms with Gasteiger partial charge in [0.05, 0.1) is 5.56 Å². The molecule has 5 N–H and O–H groups in total. The molecular weight excluding hydrogens is 348 g/mol. The smallest absolute Gasteiger partial charge is 0.336 e. The molecule has 0 aromatic heterocycles. The Morgan fingerprint density at radius 2 is 1.48 bits per heavy atom. The number of nitrogens with two attached hydrogens (primary N) is 2. The van der Waals surface area contributed by atoms with Gasteiger partial charge in [0.25, 0.3) is 0 Å². The minimum Gasteiger partial charge on any atom is -0.478 e. The van der Waals surface area contributed by atoms with Crippen molar-refractivity contribution in [3.05, 3.63) is 69.3 Å². The average Bonchev–Trinajstić information content (AvgIpc) is 2.68. The van der Waals surface area contributed by atoms with E-state index < -0.39 is 11.8 Å². The van der Waals surface area contributed by atoms with E-state index in [4.69, 9.17) is 11.5 Å². The molecule has 0 amide bonds. The summed E-state index contributed by atoms with van der Waals surface area (Å²) in [6, 6.07) is 7.22. The molecule has 0 fully saturated rings. The first kappa shape index (κ1) is 18.6. The fourth-order valence-electron chi connectivity index (χ4n) is 3.33. The van der Waals surface area contributed by atoms with Crippen LogP contribution in [0.4, 0.5) is 0 Å². The Kier molecular flexibility index (Phi) is 4.98. The first-order chi connectivity index (χ1) is 12.9. The Bertz CT molecular complexity index is 994. The predicted octanol–water partition coefficient (Wildman–Crippen LogP) is 1.69. The number of carbonyl (C=O) groups excluding carboxylic acids is 3. The normalized spacial score (nSPS) is 13.4. The van der Waals surface area contributed by atoms with Gasteiger partial charge in [0.15, 0.2) is 17.3 Å². The predicted molar refractivity (Wildman–Crippen MR) is 97.0 cm³/mol. The van der Waals surface area contributed by atoms with Gasteiger partial charge in [-0.3, -0.25) is 14.4 Å². The van der Waals surface area contributed by atoms with E-state index in [9.17, 15) is 24.3 Å². The van der Waals surface area contributed by atoms with Crippen molar-refractivity contribution in [1.29, 1.82) is 0 Å². The molecule has 0 saturated carbocycles. The first-order valence-electron chi connectivity index (χ1n) is 8.42. The monoisotopic (exact) mass is 366 g/mol. The van der Waals surface area contributed by atoms with Crippen molar-refractivity contribution < 1.29 is 24.3 Å². The number of Topliss-reactive ketones (excluding diaryl/α,β-unsaturated/α-hetero) is 2. The Labute approximate surface area is 155 Å². The van der Waals surface area contributed by atoms with Gasteiger partial charge in [0.2, 0.25) is 0 Å². The van der Waals surface area contributed by atoms with E-state index in [0.717, 1.165) is 0 Å². The van der Waals surface area contributed by atoms with Crippen LogP contribution in [0.3, 0.4) is 0 Å². The second kappa shape index (κ2) is 7.22. The summed E-state index contributed by atoms with van der Waals surface area (Å²) in [4.78, 5) is 49.6. The Morgan fingerprint density at radius 1 is 0.852 bits per heavy atom.